The highest BCUT2D eigenvalue weighted by atomic mass is 19.1. The van der Waals surface area contributed by atoms with Crippen LogP contribution in [0.15, 0.2) is 18.2 Å². The lowest BCUT2D eigenvalue weighted by Gasteiger charge is -2.13. The maximum Gasteiger partial charge on any atom is 0.144 e. The van der Waals surface area contributed by atoms with E-state index in [-0.39, 0.29) is 11.7 Å². The van der Waals surface area contributed by atoms with Gasteiger partial charge >= 0.3 is 0 Å². The standard InChI is InChI=1S/C11H12FNO2/c1-8(7-14-2)15-10-4-3-9(6-13)11(12)5-10/h3-5,8H,7H2,1-2H3. The van der Waals surface area contributed by atoms with Gasteiger partial charge < -0.3 is 9.47 Å². The second kappa shape index (κ2) is 5.32. The fourth-order valence-electron chi connectivity index (χ4n) is 1.16. The first-order valence-corrected chi connectivity index (χ1v) is 4.52. The number of halogens is 1. The number of rotatable bonds is 4. The van der Waals surface area contributed by atoms with Gasteiger partial charge in [0.15, 0.2) is 0 Å². The van der Waals surface area contributed by atoms with Gasteiger partial charge in [-0.25, -0.2) is 4.39 Å². The quantitative estimate of drug-likeness (QED) is 0.762. The van der Waals surface area contributed by atoms with Crippen LogP contribution in [-0.4, -0.2) is 19.8 Å². The van der Waals surface area contributed by atoms with E-state index >= 15 is 0 Å². The predicted octanol–water partition coefficient (Wildman–Crippen LogP) is 2.11. The van der Waals surface area contributed by atoms with Crippen molar-refractivity contribution in [3.8, 4) is 11.8 Å². The minimum Gasteiger partial charge on any atom is -0.488 e. The lowest BCUT2D eigenvalue weighted by Crippen LogP contribution is -2.17. The van der Waals surface area contributed by atoms with Gasteiger partial charge in [0.1, 0.15) is 23.7 Å². The maximum atomic E-state index is 13.2. The molecule has 0 saturated carbocycles. The Morgan fingerprint density at radius 1 is 1.53 bits per heavy atom. The van der Waals surface area contributed by atoms with Gasteiger partial charge in [-0.1, -0.05) is 0 Å². The molecule has 0 aromatic heterocycles. The molecule has 0 heterocycles. The van der Waals surface area contributed by atoms with Crippen LogP contribution in [0.1, 0.15) is 12.5 Å². The molecule has 3 nitrogen and oxygen atoms in total. The van der Waals surface area contributed by atoms with Crippen LogP contribution >= 0.6 is 0 Å². The van der Waals surface area contributed by atoms with Crippen LogP contribution in [0, 0.1) is 17.1 Å². The number of nitrogens with zero attached hydrogens (tertiary/aromatic N) is 1. The summed E-state index contributed by atoms with van der Waals surface area (Å²) in [5.41, 5.74) is 0.0155. The Hall–Kier alpha value is -1.60. The van der Waals surface area contributed by atoms with Gasteiger partial charge in [-0.3, -0.25) is 0 Å². The predicted molar refractivity (Wildman–Crippen MR) is 53.1 cm³/mol. The van der Waals surface area contributed by atoms with Crippen LogP contribution in [0.25, 0.3) is 0 Å². The third-order valence-corrected chi connectivity index (χ3v) is 1.80. The molecule has 0 N–H and O–H groups in total. The molecule has 1 atom stereocenters. The Morgan fingerprint density at radius 3 is 2.80 bits per heavy atom. The molecule has 0 bridgehead atoms. The van der Waals surface area contributed by atoms with Crippen LogP contribution < -0.4 is 4.74 Å². The van der Waals surface area contributed by atoms with Crippen LogP contribution in [0.3, 0.4) is 0 Å². The fourth-order valence-corrected chi connectivity index (χ4v) is 1.16. The van der Waals surface area contributed by atoms with Gasteiger partial charge in [0.2, 0.25) is 0 Å². The number of nitriles is 1. The zero-order valence-electron chi connectivity index (χ0n) is 8.66. The Bertz CT molecular complexity index is 373. The summed E-state index contributed by atoms with van der Waals surface area (Å²) >= 11 is 0. The summed E-state index contributed by atoms with van der Waals surface area (Å²) in [6.07, 6.45) is -0.151. The molecule has 1 unspecified atom stereocenters. The third kappa shape index (κ3) is 3.22. The van der Waals surface area contributed by atoms with Crippen molar-refractivity contribution in [2.24, 2.45) is 0 Å². The van der Waals surface area contributed by atoms with E-state index in [1.807, 2.05) is 6.92 Å². The Morgan fingerprint density at radius 2 is 2.27 bits per heavy atom. The average molecular weight is 209 g/mol. The highest BCUT2D eigenvalue weighted by Gasteiger charge is 2.06. The zero-order valence-corrected chi connectivity index (χ0v) is 8.66. The first-order chi connectivity index (χ1) is 7.17. The molecular weight excluding hydrogens is 197 g/mol. The molecule has 1 aromatic rings. The number of hydrogen-bond donors (Lipinski definition) is 0. The summed E-state index contributed by atoms with van der Waals surface area (Å²) in [6, 6.07) is 5.90. The molecule has 0 radical (unpaired) electrons. The van der Waals surface area contributed by atoms with E-state index in [1.165, 1.54) is 12.1 Å². The van der Waals surface area contributed by atoms with Crippen LogP contribution in [-0.2, 0) is 4.74 Å². The second-order valence-corrected chi connectivity index (χ2v) is 3.14. The lowest BCUT2D eigenvalue weighted by molar-refractivity contribution is 0.0918. The average Bonchev–Trinajstić information content (AvgIpc) is 2.18. The number of benzene rings is 1. The molecular formula is C11H12FNO2. The molecule has 80 valence electrons. The third-order valence-electron chi connectivity index (χ3n) is 1.80. The van der Waals surface area contributed by atoms with Crippen molar-refractivity contribution in [2.45, 2.75) is 13.0 Å². The van der Waals surface area contributed by atoms with Gasteiger partial charge in [0.05, 0.1) is 12.2 Å². The second-order valence-electron chi connectivity index (χ2n) is 3.14. The first-order valence-electron chi connectivity index (χ1n) is 4.52. The SMILES string of the molecule is COCC(C)Oc1ccc(C#N)c(F)c1. The number of hydrogen-bond acceptors (Lipinski definition) is 3. The van der Waals surface area contributed by atoms with Crippen LogP contribution in [0.5, 0.6) is 5.75 Å². The molecule has 0 spiro atoms. The molecule has 0 fully saturated rings. The van der Waals surface area contributed by atoms with Crippen LogP contribution in [0.2, 0.25) is 0 Å². The summed E-state index contributed by atoms with van der Waals surface area (Å²) in [5.74, 6) is -0.171. The molecule has 4 heteroatoms. The van der Waals surface area contributed by atoms with E-state index in [2.05, 4.69) is 0 Å². The Balaban J connectivity index is 2.72. The van der Waals surface area contributed by atoms with E-state index in [4.69, 9.17) is 14.7 Å². The maximum absolute atomic E-state index is 13.2. The van der Waals surface area contributed by atoms with E-state index in [0.717, 1.165) is 0 Å². The molecule has 1 rings (SSSR count). The van der Waals surface area contributed by atoms with Crippen molar-refractivity contribution < 1.29 is 13.9 Å². The van der Waals surface area contributed by atoms with E-state index < -0.39 is 5.82 Å². The highest BCUT2D eigenvalue weighted by Crippen LogP contribution is 2.17. The van der Waals surface area contributed by atoms with E-state index in [9.17, 15) is 4.39 Å². The lowest BCUT2D eigenvalue weighted by atomic mass is 10.2. The minimum atomic E-state index is -0.570. The number of methoxy groups -OCH3 is 1. The molecule has 0 aliphatic rings. The Kier molecular flexibility index (Phi) is 4.07. The van der Waals surface area contributed by atoms with Crippen molar-refractivity contribution in [2.75, 3.05) is 13.7 Å². The normalized spacial score (nSPS) is 11.9. The Labute approximate surface area is 88.0 Å². The van der Waals surface area contributed by atoms with Gasteiger partial charge in [-0.05, 0) is 19.1 Å². The van der Waals surface area contributed by atoms with Crippen molar-refractivity contribution >= 4 is 0 Å². The fraction of sp³-hybridized carbons (Fsp3) is 0.364. The highest BCUT2D eigenvalue weighted by molar-refractivity contribution is 5.36. The largest absolute Gasteiger partial charge is 0.488 e. The van der Waals surface area contributed by atoms with Gasteiger partial charge in [-0.2, -0.15) is 5.26 Å². The van der Waals surface area contributed by atoms with Gasteiger partial charge in [0.25, 0.3) is 0 Å². The molecule has 0 aliphatic heterocycles. The summed E-state index contributed by atoms with van der Waals surface area (Å²) in [6.45, 7) is 2.25. The van der Waals surface area contributed by atoms with Gasteiger partial charge in [-0.15, -0.1) is 0 Å². The zero-order chi connectivity index (χ0) is 11.3. The molecule has 1 aromatic carbocycles. The summed E-state index contributed by atoms with van der Waals surface area (Å²) in [4.78, 5) is 0. The summed E-state index contributed by atoms with van der Waals surface area (Å²) < 4.78 is 23.4. The monoisotopic (exact) mass is 209 g/mol. The first kappa shape index (κ1) is 11.5. The minimum absolute atomic E-state index is 0.0155. The van der Waals surface area contributed by atoms with Crippen molar-refractivity contribution in [1.82, 2.24) is 0 Å². The molecule has 15 heavy (non-hydrogen) atoms. The number of ether oxygens (including phenoxy) is 2. The van der Waals surface area contributed by atoms with Crippen LogP contribution in [0.4, 0.5) is 4.39 Å². The molecule has 0 amide bonds. The summed E-state index contributed by atoms with van der Waals surface area (Å²) in [5, 5.41) is 8.52. The topological polar surface area (TPSA) is 42.2 Å². The summed E-state index contributed by atoms with van der Waals surface area (Å²) in [7, 11) is 1.57. The van der Waals surface area contributed by atoms with E-state index in [1.54, 1.807) is 19.2 Å². The molecule has 0 saturated heterocycles. The van der Waals surface area contributed by atoms with Crippen molar-refractivity contribution in [3.05, 3.63) is 29.6 Å². The van der Waals surface area contributed by atoms with E-state index in [0.29, 0.717) is 12.4 Å². The van der Waals surface area contributed by atoms with Gasteiger partial charge in [0, 0.05) is 13.2 Å². The van der Waals surface area contributed by atoms with Crippen molar-refractivity contribution in [1.29, 1.82) is 5.26 Å². The smallest absolute Gasteiger partial charge is 0.144 e. The van der Waals surface area contributed by atoms with Crippen molar-refractivity contribution in [3.63, 3.8) is 0 Å². The molecule has 0 aliphatic carbocycles.